The van der Waals surface area contributed by atoms with Crippen molar-refractivity contribution in [3.05, 3.63) is 0 Å². The summed E-state index contributed by atoms with van der Waals surface area (Å²) < 4.78 is 10.4. The molecule has 3 heteroatoms. The molecule has 0 aliphatic carbocycles. The molecule has 4 atom stereocenters. The molecule has 0 radical (unpaired) electrons. The van der Waals surface area contributed by atoms with Gasteiger partial charge in [0.1, 0.15) is 6.10 Å². The average Bonchev–Trinajstić information content (AvgIpc) is 2.42. The van der Waals surface area contributed by atoms with Crippen LogP contribution in [0.5, 0.6) is 0 Å². The summed E-state index contributed by atoms with van der Waals surface area (Å²) in [7, 11) is 0. The summed E-state index contributed by atoms with van der Waals surface area (Å²) in [6.45, 7) is 13.4. The number of ether oxygens (including phenoxy) is 2. The second-order valence-electron chi connectivity index (χ2n) is 6.26. The molecule has 0 N–H and O–H groups in total. The molecule has 0 aromatic carbocycles. The van der Waals surface area contributed by atoms with Gasteiger partial charge in [0.2, 0.25) is 0 Å². The van der Waals surface area contributed by atoms with Gasteiger partial charge in [-0.2, -0.15) is 0 Å². The Bertz CT molecular complexity index is 253. The highest BCUT2D eigenvalue weighted by Gasteiger charge is 2.17. The summed E-state index contributed by atoms with van der Waals surface area (Å²) in [6.07, 6.45) is 4.89. The third-order valence-electron chi connectivity index (χ3n) is 4.12. The van der Waals surface area contributed by atoms with E-state index in [4.69, 9.17) is 9.47 Å². The highest BCUT2D eigenvalue weighted by Crippen LogP contribution is 2.23. The van der Waals surface area contributed by atoms with E-state index >= 15 is 0 Å². The fourth-order valence-electron chi connectivity index (χ4n) is 2.34. The Kier molecular flexibility index (Phi) is 10.6. The first-order valence-electron chi connectivity index (χ1n) is 8.26. The molecule has 0 fully saturated rings. The molecular weight excluding hydrogens is 252 g/mol. The highest BCUT2D eigenvalue weighted by atomic mass is 16.7. The molecule has 0 rings (SSSR count). The van der Waals surface area contributed by atoms with Crippen LogP contribution in [0.3, 0.4) is 0 Å². The summed E-state index contributed by atoms with van der Waals surface area (Å²) in [5.74, 6) is 1.90. The molecule has 0 heterocycles. The van der Waals surface area contributed by atoms with Gasteiger partial charge in [-0.25, -0.2) is 4.79 Å². The average molecular weight is 286 g/mol. The van der Waals surface area contributed by atoms with E-state index < -0.39 is 6.16 Å². The van der Waals surface area contributed by atoms with Crippen molar-refractivity contribution in [2.45, 2.75) is 79.8 Å². The van der Waals surface area contributed by atoms with Gasteiger partial charge >= 0.3 is 6.16 Å². The van der Waals surface area contributed by atoms with Crippen molar-refractivity contribution < 1.29 is 14.3 Å². The van der Waals surface area contributed by atoms with Crippen LogP contribution >= 0.6 is 0 Å². The summed E-state index contributed by atoms with van der Waals surface area (Å²) in [5.41, 5.74) is 0. The molecular formula is C17H34O3. The zero-order valence-electron chi connectivity index (χ0n) is 14.3. The lowest BCUT2D eigenvalue weighted by Crippen LogP contribution is -2.20. The van der Waals surface area contributed by atoms with Gasteiger partial charge in [-0.15, -0.1) is 0 Å². The van der Waals surface area contributed by atoms with Gasteiger partial charge in [-0.1, -0.05) is 47.5 Å². The second kappa shape index (κ2) is 11.0. The topological polar surface area (TPSA) is 35.5 Å². The number of carbonyl (C=O) groups excluding carboxylic acids is 1. The van der Waals surface area contributed by atoms with Crippen LogP contribution in [0, 0.1) is 17.8 Å². The van der Waals surface area contributed by atoms with Crippen LogP contribution in [0.15, 0.2) is 0 Å². The molecule has 0 amide bonds. The zero-order chi connectivity index (χ0) is 15.5. The predicted octanol–water partition coefficient (Wildman–Crippen LogP) is 5.43. The van der Waals surface area contributed by atoms with Gasteiger partial charge in [0.25, 0.3) is 0 Å². The highest BCUT2D eigenvalue weighted by molar-refractivity contribution is 5.60. The lowest BCUT2D eigenvalue weighted by atomic mass is 9.87. The monoisotopic (exact) mass is 286 g/mol. The number of carbonyl (C=O) groups is 1. The van der Waals surface area contributed by atoms with Gasteiger partial charge in [0, 0.05) is 0 Å². The smallest absolute Gasteiger partial charge is 0.434 e. The Hall–Kier alpha value is -0.730. The Balaban J connectivity index is 4.00. The van der Waals surface area contributed by atoms with Gasteiger partial charge in [-0.05, 0) is 43.9 Å². The third-order valence-corrected chi connectivity index (χ3v) is 4.12. The maximum absolute atomic E-state index is 11.5. The van der Waals surface area contributed by atoms with E-state index in [9.17, 15) is 4.79 Å². The lowest BCUT2D eigenvalue weighted by molar-refractivity contribution is 0.0170. The Morgan fingerprint density at radius 3 is 2.05 bits per heavy atom. The Morgan fingerprint density at radius 2 is 1.55 bits per heavy atom. The molecule has 4 unspecified atom stereocenters. The van der Waals surface area contributed by atoms with Gasteiger partial charge in [0.05, 0.1) is 6.61 Å². The molecule has 3 nitrogen and oxygen atoms in total. The van der Waals surface area contributed by atoms with E-state index in [1.54, 1.807) is 0 Å². The number of hydrogen-bond acceptors (Lipinski definition) is 3. The van der Waals surface area contributed by atoms with Crippen molar-refractivity contribution in [2.75, 3.05) is 6.61 Å². The first-order chi connectivity index (χ1) is 9.42. The van der Waals surface area contributed by atoms with Crippen molar-refractivity contribution in [1.82, 2.24) is 0 Å². The quantitative estimate of drug-likeness (QED) is 0.502. The van der Waals surface area contributed by atoms with Crippen LogP contribution in [0.4, 0.5) is 4.79 Å². The van der Waals surface area contributed by atoms with Crippen molar-refractivity contribution in [2.24, 2.45) is 17.8 Å². The fourth-order valence-corrected chi connectivity index (χ4v) is 2.34. The molecule has 120 valence electrons. The van der Waals surface area contributed by atoms with Crippen LogP contribution in [-0.2, 0) is 9.47 Å². The number of hydrogen-bond donors (Lipinski definition) is 0. The molecule has 0 aliphatic rings. The predicted molar refractivity (Wildman–Crippen MR) is 83.8 cm³/mol. The molecule has 0 spiro atoms. The summed E-state index contributed by atoms with van der Waals surface area (Å²) in [6, 6.07) is 0. The maximum Gasteiger partial charge on any atom is 0.508 e. The van der Waals surface area contributed by atoms with Crippen molar-refractivity contribution in [3.63, 3.8) is 0 Å². The standard InChI is InChI=1S/C17H34O3/c1-7-13(4)10-14(5)11-16(9-3)12-19-17(18)20-15(6)8-2/h13-16H,7-12H2,1-6H3. The van der Waals surface area contributed by atoms with E-state index in [-0.39, 0.29) is 6.10 Å². The van der Waals surface area contributed by atoms with E-state index in [0.717, 1.165) is 25.2 Å². The zero-order valence-corrected chi connectivity index (χ0v) is 14.3. The first kappa shape index (κ1) is 19.3. The largest absolute Gasteiger partial charge is 0.508 e. The van der Waals surface area contributed by atoms with E-state index in [1.165, 1.54) is 12.8 Å². The van der Waals surface area contributed by atoms with Crippen LogP contribution in [0.2, 0.25) is 0 Å². The maximum atomic E-state index is 11.5. The summed E-state index contributed by atoms with van der Waals surface area (Å²) >= 11 is 0. The minimum atomic E-state index is -0.521. The minimum absolute atomic E-state index is 0.0631. The molecule has 0 aromatic heterocycles. The second-order valence-corrected chi connectivity index (χ2v) is 6.26. The minimum Gasteiger partial charge on any atom is -0.434 e. The van der Waals surface area contributed by atoms with Gasteiger partial charge < -0.3 is 9.47 Å². The summed E-state index contributed by atoms with van der Waals surface area (Å²) in [4.78, 5) is 11.5. The molecule has 0 bridgehead atoms. The Morgan fingerprint density at radius 1 is 0.900 bits per heavy atom. The van der Waals surface area contributed by atoms with Crippen molar-refractivity contribution in [1.29, 1.82) is 0 Å². The number of rotatable bonds is 10. The lowest BCUT2D eigenvalue weighted by Gasteiger charge is -2.22. The summed E-state index contributed by atoms with van der Waals surface area (Å²) in [5, 5.41) is 0. The fraction of sp³-hybridized carbons (Fsp3) is 0.941. The van der Waals surface area contributed by atoms with Crippen molar-refractivity contribution in [3.8, 4) is 0 Å². The molecule has 0 saturated carbocycles. The van der Waals surface area contributed by atoms with Crippen LogP contribution in [0.25, 0.3) is 0 Å². The molecule has 0 aromatic rings. The molecule has 0 aliphatic heterocycles. The van der Waals surface area contributed by atoms with Crippen LogP contribution in [0.1, 0.15) is 73.6 Å². The van der Waals surface area contributed by atoms with Gasteiger partial charge in [-0.3, -0.25) is 0 Å². The third kappa shape index (κ3) is 9.22. The first-order valence-corrected chi connectivity index (χ1v) is 8.26. The van der Waals surface area contributed by atoms with Gasteiger partial charge in [0.15, 0.2) is 0 Å². The normalized spacial score (nSPS) is 17.1. The van der Waals surface area contributed by atoms with Crippen LogP contribution < -0.4 is 0 Å². The SMILES string of the molecule is CCC(C)CC(C)CC(CC)COC(=O)OC(C)CC. The van der Waals surface area contributed by atoms with Crippen LogP contribution in [-0.4, -0.2) is 18.9 Å². The van der Waals surface area contributed by atoms with E-state index in [0.29, 0.717) is 18.4 Å². The van der Waals surface area contributed by atoms with E-state index in [1.807, 2.05) is 13.8 Å². The molecule has 20 heavy (non-hydrogen) atoms. The molecule has 0 saturated heterocycles. The van der Waals surface area contributed by atoms with E-state index in [2.05, 4.69) is 27.7 Å². The van der Waals surface area contributed by atoms with Crippen molar-refractivity contribution >= 4 is 6.16 Å². The Labute approximate surface area is 125 Å².